The van der Waals surface area contributed by atoms with Gasteiger partial charge in [-0.3, -0.25) is 14.4 Å². The number of likely N-dealkylation sites (N-methyl/N-ethyl adjacent to an activating group) is 1. The summed E-state index contributed by atoms with van der Waals surface area (Å²) in [5.74, 6) is -1.47. The Morgan fingerprint density at radius 1 is 1.50 bits per heavy atom. The second-order valence-electron chi connectivity index (χ2n) is 8.08. The second-order valence-corrected chi connectivity index (χ2v) is 8.52. The maximum atomic E-state index is 14.1. The van der Waals surface area contributed by atoms with Crippen LogP contribution in [0.5, 0.6) is 0 Å². The lowest BCUT2D eigenvalue weighted by molar-refractivity contribution is -0.139. The Balaban J connectivity index is 1.98. The largest absolute Gasteiger partial charge is 0.368 e. The summed E-state index contributed by atoms with van der Waals surface area (Å²) in [5.41, 5.74) is 4.09. The van der Waals surface area contributed by atoms with Gasteiger partial charge in [0.15, 0.2) is 0 Å². The molecule has 0 aliphatic carbocycles. The molecule has 0 bridgehead atoms. The van der Waals surface area contributed by atoms with Crippen molar-refractivity contribution < 1.29 is 18.8 Å². The zero-order chi connectivity index (χ0) is 20.9. The number of halogens is 2. The third-order valence-electron chi connectivity index (χ3n) is 5.49. The minimum absolute atomic E-state index is 0.0243. The van der Waals surface area contributed by atoms with E-state index < -0.39 is 35.0 Å². The SMILES string of the molecule is CNC(CC(C)(C)F)C(=O)N1C[C@]2(C[C@H]1C(N)=O)C(=O)Nc1ccc(Cl)cc12. The number of alkyl halides is 1. The normalized spacial score (nSPS) is 25.0. The van der Waals surface area contributed by atoms with Gasteiger partial charge in [-0.1, -0.05) is 11.6 Å². The lowest BCUT2D eigenvalue weighted by Crippen LogP contribution is -2.52. The van der Waals surface area contributed by atoms with Crippen LogP contribution in [0, 0.1) is 0 Å². The fourth-order valence-corrected chi connectivity index (χ4v) is 4.31. The molecule has 1 spiro atoms. The van der Waals surface area contributed by atoms with Crippen LogP contribution in [0.15, 0.2) is 18.2 Å². The maximum Gasteiger partial charge on any atom is 0.240 e. The molecule has 3 atom stereocenters. The van der Waals surface area contributed by atoms with Gasteiger partial charge in [0.25, 0.3) is 0 Å². The number of nitrogens with one attached hydrogen (secondary N) is 2. The van der Waals surface area contributed by atoms with Crippen LogP contribution in [-0.2, 0) is 19.8 Å². The minimum atomic E-state index is -1.59. The highest BCUT2D eigenvalue weighted by Crippen LogP contribution is 2.47. The van der Waals surface area contributed by atoms with E-state index in [0.29, 0.717) is 16.3 Å². The Labute approximate surface area is 167 Å². The molecule has 2 heterocycles. The van der Waals surface area contributed by atoms with E-state index in [4.69, 9.17) is 17.3 Å². The molecule has 28 heavy (non-hydrogen) atoms. The summed E-state index contributed by atoms with van der Waals surface area (Å²) in [5, 5.41) is 6.05. The third kappa shape index (κ3) is 3.46. The van der Waals surface area contributed by atoms with E-state index in [-0.39, 0.29) is 25.3 Å². The number of likely N-dealkylation sites (tertiary alicyclic amines) is 1. The van der Waals surface area contributed by atoms with Crippen LogP contribution in [0.2, 0.25) is 5.02 Å². The molecule has 9 heteroatoms. The van der Waals surface area contributed by atoms with E-state index >= 15 is 0 Å². The number of benzene rings is 1. The molecule has 1 aromatic rings. The molecule has 152 valence electrons. The van der Waals surface area contributed by atoms with Crippen LogP contribution >= 0.6 is 11.6 Å². The van der Waals surface area contributed by atoms with E-state index in [1.807, 2.05) is 0 Å². The van der Waals surface area contributed by atoms with Crippen molar-refractivity contribution in [2.75, 3.05) is 18.9 Å². The first-order chi connectivity index (χ1) is 13.0. The Morgan fingerprint density at radius 2 is 2.18 bits per heavy atom. The number of hydrogen-bond acceptors (Lipinski definition) is 4. The summed E-state index contributed by atoms with van der Waals surface area (Å²) in [7, 11) is 1.55. The van der Waals surface area contributed by atoms with E-state index in [9.17, 15) is 18.8 Å². The maximum absolute atomic E-state index is 14.1. The van der Waals surface area contributed by atoms with Gasteiger partial charge < -0.3 is 21.3 Å². The van der Waals surface area contributed by atoms with Crippen molar-refractivity contribution in [2.24, 2.45) is 5.73 Å². The molecule has 0 saturated carbocycles. The lowest BCUT2D eigenvalue weighted by atomic mass is 9.79. The fraction of sp³-hybridized carbons (Fsp3) is 0.526. The minimum Gasteiger partial charge on any atom is -0.368 e. The van der Waals surface area contributed by atoms with Gasteiger partial charge >= 0.3 is 0 Å². The van der Waals surface area contributed by atoms with Crippen LogP contribution in [-0.4, -0.2) is 54.0 Å². The summed E-state index contributed by atoms with van der Waals surface area (Å²) < 4.78 is 14.1. The number of primary amides is 1. The van der Waals surface area contributed by atoms with Gasteiger partial charge in [0, 0.05) is 23.7 Å². The molecule has 2 aliphatic heterocycles. The average Bonchev–Trinajstić information content (AvgIpc) is 3.12. The zero-order valence-corrected chi connectivity index (χ0v) is 16.8. The molecule has 4 N–H and O–H groups in total. The highest BCUT2D eigenvalue weighted by Gasteiger charge is 2.57. The Morgan fingerprint density at radius 3 is 2.75 bits per heavy atom. The van der Waals surface area contributed by atoms with Gasteiger partial charge in [-0.25, -0.2) is 4.39 Å². The summed E-state index contributed by atoms with van der Waals surface area (Å²) in [6.07, 6.45) is -0.0192. The number of nitrogens with two attached hydrogens (primary N) is 1. The molecular formula is C19H24ClFN4O3. The molecule has 0 aromatic heterocycles. The summed E-state index contributed by atoms with van der Waals surface area (Å²) in [6.45, 7) is 2.73. The first-order valence-corrected chi connectivity index (χ1v) is 9.44. The van der Waals surface area contributed by atoms with Crippen molar-refractivity contribution in [3.05, 3.63) is 28.8 Å². The molecule has 1 unspecified atom stereocenters. The number of hydrogen-bond donors (Lipinski definition) is 3. The molecular weight excluding hydrogens is 387 g/mol. The number of carbonyl (C=O) groups excluding carboxylic acids is 3. The topological polar surface area (TPSA) is 105 Å². The molecule has 3 rings (SSSR count). The second kappa shape index (κ2) is 7.00. The number of nitrogens with zero attached hydrogens (tertiary/aromatic N) is 1. The molecule has 1 fully saturated rings. The van der Waals surface area contributed by atoms with Crippen LogP contribution in [0.1, 0.15) is 32.3 Å². The number of anilines is 1. The Bertz CT molecular complexity index is 841. The molecule has 3 amide bonds. The number of rotatable bonds is 5. The van der Waals surface area contributed by atoms with Gasteiger partial charge in [-0.15, -0.1) is 0 Å². The third-order valence-corrected chi connectivity index (χ3v) is 5.72. The molecule has 0 radical (unpaired) electrons. The van der Waals surface area contributed by atoms with Gasteiger partial charge in [-0.2, -0.15) is 0 Å². The van der Waals surface area contributed by atoms with Crippen molar-refractivity contribution in [1.82, 2.24) is 10.2 Å². The Kier molecular flexibility index (Phi) is 5.14. The standard InChI is InChI=1S/C19H24ClFN4O3/c1-18(2,21)7-13(23-3)16(27)25-9-19(8-14(25)15(22)26)11-6-10(20)4-5-12(11)24-17(19)28/h4-6,13-14,23H,7-9H2,1-3H3,(H2,22,26)(H,24,28)/t13?,14-,19-/m0/s1. The number of carbonyl (C=O) groups is 3. The number of amides is 3. The van der Waals surface area contributed by atoms with Crippen molar-refractivity contribution in [3.8, 4) is 0 Å². The monoisotopic (exact) mass is 410 g/mol. The van der Waals surface area contributed by atoms with Crippen LogP contribution in [0.3, 0.4) is 0 Å². The number of fused-ring (bicyclic) bond motifs is 2. The van der Waals surface area contributed by atoms with Gasteiger partial charge in [0.1, 0.15) is 11.7 Å². The first-order valence-electron chi connectivity index (χ1n) is 9.06. The average molecular weight is 411 g/mol. The van der Waals surface area contributed by atoms with E-state index in [0.717, 1.165) is 0 Å². The van der Waals surface area contributed by atoms with Crippen molar-refractivity contribution >= 4 is 35.0 Å². The Hall–Kier alpha value is -2.19. The quantitative estimate of drug-likeness (QED) is 0.681. The van der Waals surface area contributed by atoms with E-state index in [1.165, 1.54) is 18.7 Å². The highest BCUT2D eigenvalue weighted by atomic mass is 35.5. The van der Waals surface area contributed by atoms with Gasteiger partial charge in [-0.05, 0) is 51.1 Å². The molecule has 2 aliphatic rings. The van der Waals surface area contributed by atoms with E-state index in [1.54, 1.807) is 25.2 Å². The summed E-state index contributed by atoms with van der Waals surface area (Å²) >= 11 is 6.11. The van der Waals surface area contributed by atoms with Crippen molar-refractivity contribution in [1.29, 1.82) is 0 Å². The molecule has 1 saturated heterocycles. The molecule has 7 nitrogen and oxygen atoms in total. The molecule has 1 aromatic carbocycles. The fourth-order valence-electron chi connectivity index (χ4n) is 4.14. The van der Waals surface area contributed by atoms with E-state index in [2.05, 4.69) is 10.6 Å². The summed E-state index contributed by atoms with van der Waals surface area (Å²) in [6, 6.07) is 3.20. The summed E-state index contributed by atoms with van der Waals surface area (Å²) in [4.78, 5) is 39.4. The predicted octanol–water partition coefficient (Wildman–Crippen LogP) is 1.34. The van der Waals surface area contributed by atoms with Crippen molar-refractivity contribution in [2.45, 2.75) is 49.9 Å². The van der Waals surface area contributed by atoms with Crippen molar-refractivity contribution in [3.63, 3.8) is 0 Å². The van der Waals surface area contributed by atoms with Gasteiger partial charge in [0.05, 0.1) is 11.5 Å². The van der Waals surface area contributed by atoms with Crippen LogP contribution in [0.25, 0.3) is 0 Å². The van der Waals surface area contributed by atoms with Crippen LogP contribution < -0.4 is 16.4 Å². The smallest absolute Gasteiger partial charge is 0.240 e. The first kappa shape index (κ1) is 20.5. The highest BCUT2D eigenvalue weighted by molar-refractivity contribution is 6.31. The van der Waals surface area contributed by atoms with Crippen LogP contribution in [0.4, 0.5) is 10.1 Å². The lowest BCUT2D eigenvalue weighted by Gasteiger charge is -2.29. The zero-order valence-electron chi connectivity index (χ0n) is 16.0. The van der Waals surface area contributed by atoms with Gasteiger partial charge in [0.2, 0.25) is 17.7 Å². The predicted molar refractivity (Wildman–Crippen MR) is 104 cm³/mol.